The number of piperidine rings is 1. The van der Waals surface area contributed by atoms with E-state index in [1.807, 2.05) is 0 Å². The van der Waals surface area contributed by atoms with Gasteiger partial charge in [0.2, 0.25) is 5.91 Å². The van der Waals surface area contributed by atoms with Gasteiger partial charge in [0.1, 0.15) is 5.69 Å². The Bertz CT molecular complexity index is 729. The number of likely N-dealkylation sites (tertiary alicyclic amines) is 1. The van der Waals surface area contributed by atoms with E-state index in [9.17, 15) is 18.0 Å². The molecule has 0 atom stereocenters. The molecule has 1 saturated heterocycles. The summed E-state index contributed by atoms with van der Waals surface area (Å²) >= 11 is 2.26. The molecular weight excluding hydrogens is 371 g/mol. The Kier molecular flexibility index (Phi) is 5.63. The molecule has 1 aliphatic heterocycles. The third kappa shape index (κ3) is 4.72. The third-order valence-corrected chi connectivity index (χ3v) is 5.53. The normalized spacial score (nSPS) is 15.4. The number of thiophene rings is 1. The van der Waals surface area contributed by atoms with E-state index in [2.05, 4.69) is 9.97 Å². The Labute approximate surface area is 151 Å². The second-order valence-corrected chi connectivity index (χ2v) is 7.52. The Hall–Kier alpha value is -1.61. The molecule has 3 rings (SSSR count). The predicted molar refractivity (Wildman–Crippen MR) is 91.5 cm³/mol. The molecule has 0 N–H and O–H groups in total. The lowest BCUT2D eigenvalue weighted by atomic mass is 10.1. The van der Waals surface area contributed by atoms with Crippen LogP contribution in [-0.4, -0.2) is 39.6 Å². The Balaban J connectivity index is 1.78. The van der Waals surface area contributed by atoms with E-state index in [0.717, 1.165) is 37.1 Å². The van der Waals surface area contributed by atoms with Crippen molar-refractivity contribution in [1.82, 2.24) is 14.9 Å². The van der Waals surface area contributed by atoms with Gasteiger partial charge in [-0.15, -0.1) is 11.3 Å². The summed E-state index contributed by atoms with van der Waals surface area (Å²) < 4.78 is 39.3. The average Bonchev–Trinajstić information content (AvgIpc) is 3.14. The van der Waals surface area contributed by atoms with Gasteiger partial charge in [-0.25, -0.2) is 9.97 Å². The SMILES string of the molecule is O=C(CSc1nc(-c2cccs2)cc(C(F)(F)F)n1)N1CCCCC1. The van der Waals surface area contributed by atoms with Crippen LogP contribution >= 0.6 is 23.1 Å². The van der Waals surface area contributed by atoms with Crippen molar-refractivity contribution in [3.8, 4) is 10.6 Å². The molecular formula is C16H16F3N3OS2. The summed E-state index contributed by atoms with van der Waals surface area (Å²) in [6.45, 7) is 1.42. The summed E-state index contributed by atoms with van der Waals surface area (Å²) in [5.41, 5.74) is -0.760. The molecule has 1 fully saturated rings. The van der Waals surface area contributed by atoms with E-state index in [4.69, 9.17) is 0 Å². The highest BCUT2D eigenvalue weighted by molar-refractivity contribution is 7.99. The molecule has 0 radical (unpaired) electrons. The minimum absolute atomic E-state index is 0.0245. The smallest absolute Gasteiger partial charge is 0.342 e. The Morgan fingerprint density at radius 1 is 1.24 bits per heavy atom. The number of nitrogens with zero attached hydrogens (tertiary/aromatic N) is 3. The van der Waals surface area contributed by atoms with Crippen LogP contribution in [0.1, 0.15) is 25.0 Å². The summed E-state index contributed by atoms with van der Waals surface area (Å²) in [6, 6.07) is 4.41. The maximum Gasteiger partial charge on any atom is 0.433 e. The number of amides is 1. The molecule has 25 heavy (non-hydrogen) atoms. The number of hydrogen-bond acceptors (Lipinski definition) is 5. The summed E-state index contributed by atoms with van der Waals surface area (Å²) in [4.78, 5) is 22.4. The number of carbonyl (C=O) groups is 1. The van der Waals surface area contributed by atoms with Gasteiger partial charge in [-0.3, -0.25) is 4.79 Å². The van der Waals surface area contributed by atoms with Crippen LogP contribution in [0.3, 0.4) is 0 Å². The van der Waals surface area contributed by atoms with Crippen LogP contribution in [0.5, 0.6) is 0 Å². The second-order valence-electron chi connectivity index (χ2n) is 5.63. The average molecular weight is 387 g/mol. The predicted octanol–water partition coefficient (Wildman–Crippen LogP) is 4.33. The minimum Gasteiger partial charge on any atom is -0.342 e. The first-order valence-corrected chi connectivity index (χ1v) is 9.71. The van der Waals surface area contributed by atoms with E-state index in [0.29, 0.717) is 18.0 Å². The monoisotopic (exact) mass is 387 g/mol. The molecule has 0 unspecified atom stereocenters. The van der Waals surface area contributed by atoms with Crippen molar-refractivity contribution < 1.29 is 18.0 Å². The minimum atomic E-state index is -4.55. The number of carbonyl (C=O) groups excluding carboxylic acids is 1. The van der Waals surface area contributed by atoms with E-state index in [1.165, 1.54) is 11.3 Å². The molecule has 134 valence electrons. The van der Waals surface area contributed by atoms with E-state index in [1.54, 1.807) is 22.4 Å². The number of thioether (sulfide) groups is 1. The van der Waals surface area contributed by atoms with Gasteiger partial charge in [-0.05, 0) is 36.8 Å². The molecule has 2 aromatic heterocycles. The maximum absolute atomic E-state index is 13.1. The van der Waals surface area contributed by atoms with E-state index < -0.39 is 11.9 Å². The van der Waals surface area contributed by atoms with Crippen LogP contribution in [0.4, 0.5) is 13.2 Å². The zero-order valence-corrected chi connectivity index (χ0v) is 14.9. The number of rotatable bonds is 4. The zero-order valence-electron chi connectivity index (χ0n) is 13.3. The molecule has 1 amide bonds. The molecule has 9 heteroatoms. The third-order valence-electron chi connectivity index (χ3n) is 3.80. The van der Waals surface area contributed by atoms with Crippen molar-refractivity contribution in [2.24, 2.45) is 0 Å². The molecule has 1 aliphatic rings. The summed E-state index contributed by atoms with van der Waals surface area (Å²) in [5, 5.41) is 1.75. The van der Waals surface area contributed by atoms with Crippen LogP contribution in [0.15, 0.2) is 28.7 Å². The fraction of sp³-hybridized carbons (Fsp3) is 0.438. The molecule has 0 saturated carbocycles. The number of alkyl halides is 3. The lowest BCUT2D eigenvalue weighted by Gasteiger charge is -2.26. The van der Waals surface area contributed by atoms with E-state index in [-0.39, 0.29) is 22.5 Å². The number of hydrogen-bond donors (Lipinski definition) is 0. The first-order chi connectivity index (χ1) is 11.9. The van der Waals surface area contributed by atoms with Gasteiger partial charge < -0.3 is 4.90 Å². The van der Waals surface area contributed by atoms with Crippen molar-refractivity contribution >= 4 is 29.0 Å². The molecule has 0 aromatic carbocycles. The molecule has 0 bridgehead atoms. The fourth-order valence-electron chi connectivity index (χ4n) is 2.55. The van der Waals surface area contributed by atoms with Crippen molar-refractivity contribution in [3.63, 3.8) is 0 Å². The van der Waals surface area contributed by atoms with Crippen LogP contribution in [-0.2, 0) is 11.0 Å². The number of aromatic nitrogens is 2. The first kappa shape index (κ1) is 18.2. The Morgan fingerprint density at radius 3 is 2.64 bits per heavy atom. The van der Waals surface area contributed by atoms with Crippen molar-refractivity contribution in [2.45, 2.75) is 30.6 Å². The maximum atomic E-state index is 13.1. The van der Waals surface area contributed by atoms with Gasteiger partial charge in [0.25, 0.3) is 0 Å². The second kappa shape index (κ2) is 7.74. The van der Waals surface area contributed by atoms with Crippen LogP contribution < -0.4 is 0 Å². The van der Waals surface area contributed by atoms with Gasteiger partial charge in [-0.1, -0.05) is 17.8 Å². The molecule has 4 nitrogen and oxygen atoms in total. The van der Waals surface area contributed by atoms with Gasteiger partial charge in [0.05, 0.1) is 16.3 Å². The topological polar surface area (TPSA) is 46.1 Å². The Morgan fingerprint density at radius 2 is 2.00 bits per heavy atom. The quantitative estimate of drug-likeness (QED) is 0.579. The molecule has 2 aromatic rings. The van der Waals surface area contributed by atoms with Gasteiger partial charge in [0.15, 0.2) is 5.16 Å². The standard InChI is InChI=1S/C16H16F3N3OS2/c17-16(18,19)13-9-11(12-5-4-8-24-12)20-15(21-13)25-10-14(23)22-6-2-1-3-7-22/h4-5,8-9H,1-3,6-7,10H2. The van der Waals surface area contributed by atoms with Crippen LogP contribution in [0.2, 0.25) is 0 Å². The van der Waals surface area contributed by atoms with Gasteiger partial charge in [0, 0.05) is 13.1 Å². The summed E-state index contributed by atoms with van der Waals surface area (Å²) in [7, 11) is 0. The molecule has 3 heterocycles. The number of halogens is 3. The van der Waals surface area contributed by atoms with Gasteiger partial charge >= 0.3 is 6.18 Å². The lowest BCUT2D eigenvalue weighted by Crippen LogP contribution is -2.36. The molecule has 0 aliphatic carbocycles. The summed E-state index contributed by atoms with van der Waals surface area (Å²) in [6.07, 6.45) is -1.50. The molecule has 0 spiro atoms. The van der Waals surface area contributed by atoms with E-state index >= 15 is 0 Å². The van der Waals surface area contributed by atoms with Crippen molar-refractivity contribution in [1.29, 1.82) is 0 Å². The largest absolute Gasteiger partial charge is 0.433 e. The van der Waals surface area contributed by atoms with Gasteiger partial charge in [-0.2, -0.15) is 13.2 Å². The van der Waals surface area contributed by atoms with Crippen molar-refractivity contribution in [2.75, 3.05) is 18.8 Å². The van der Waals surface area contributed by atoms with Crippen molar-refractivity contribution in [3.05, 3.63) is 29.3 Å². The van der Waals surface area contributed by atoms with Crippen LogP contribution in [0, 0.1) is 0 Å². The van der Waals surface area contributed by atoms with Crippen LogP contribution in [0.25, 0.3) is 10.6 Å². The highest BCUT2D eigenvalue weighted by Crippen LogP contribution is 2.33. The zero-order chi connectivity index (χ0) is 17.9. The summed E-state index contributed by atoms with van der Waals surface area (Å²) in [5.74, 6) is -0.0334. The highest BCUT2D eigenvalue weighted by atomic mass is 32.2. The lowest BCUT2D eigenvalue weighted by molar-refractivity contribution is -0.141. The fourth-order valence-corrected chi connectivity index (χ4v) is 3.99. The first-order valence-electron chi connectivity index (χ1n) is 7.84. The highest BCUT2D eigenvalue weighted by Gasteiger charge is 2.34.